The van der Waals surface area contributed by atoms with Gasteiger partial charge in [-0.15, -0.1) is 0 Å². The molecule has 6 heteroatoms. The minimum atomic E-state index is -0.106. The minimum Gasteiger partial charge on any atom is -0.372 e. The number of amides is 1. The van der Waals surface area contributed by atoms with Gasteiger partial charge in [0.2, 0.25) is 0 Å². The van der Waals surface area contributed by atoms with Gasteiger partial charge >= 0.3 is 0 Å². The second-order valence-electron chi connectivity index (χ2n) is 6.28. The van der Waals surface area contributed by atoms with E-state index in [-0.39, 0.29) is 5.91 Å². The lowest BCUT2D eigenvalue weighted by Gasteiger charge is -2.17. The van der Waals surface area contributed by atoms with Gasteiger partial charge in [0.15, 0.2) is 4.32 Å². The number of rotatable bonds is 3. The standard InChI is InChI=1S/C20H17ClN2OS2/c21-15-4-3-5-17(13-15)23-19(24)18(26-20(23)25)12-14-6-8-16(9-7-14)22-10-1-2-11-22/h3-9,12-13H,1-2,10-11H2/b18-12-. The van der Waals surface area contributed by atoms with Crippen LogP contribution in [0.15, 0.2) is 53.4 Å². The molecule has 132 valence electrons. The minimum absolute atomic E-state index is 0.106. The summed E-state index contributed by atoms with van der Waals surface area (Å²) < 4.78 is 0.525. The fraction of sp³-hybridized carbons (Fsp3) is 0.200. The Morgan fingerprint density at radius 1 is 1.04 bits per heavy atom. The number of thiocarbonyl (C=S) groups is 1. The van der Waals surface area contributed by atoms with Crippen molar-refractivity contribution in [3.05, 3.63) is 64.0 Å². The van der Waals surface area contributed by atoms with Gasteiger partial charge in [-0.3, -0.25) is 9.69 Å². The molecule has 0 spiro atoms. The number of carbonyl (C=O) groups excluding carboxylic acids is 1. The van der Waals surface area contributed by atoms with Gasteiger partial charge in [0.25, 0.3) is 5.91 Å². The summed E-state index contributed by atoms with van der Waals surface area (Å²) in [5, 5.41) is 0.582. The third-order valence-electron chi connectivity index (χ3n) is 4.52. The van der Waals surface area contributed by atoms with Gasteiger partial charge in [-0.2, -0.15) is 0 Å². The van der Waals surface area contributed by atoms with E-state index in [1.54, 1.807) is 12.1 Å². The Hall–Kier alpha value is -1.82. The van der Waals surface area contributed by atoms with Crippen molar-refractivity contribution in [1.29, 1.82) is 0 Å². The van der Waals surface area contributed by atoms with Crippen LogP contribution < -0.4 is 9.80 Å². The Labute approximate surface area is 167 Å². The molecule has 0 saturated carbocycles. The highest BCUT2D eigenvalue weighted by molar-refractivity contribution is 8.27. The quantitative estimate of drug-likeness (QED) is 0.512. The van der Waals surface area contributed by atoms with Crippen LogP contribution in [0.25, 0.3) is 6.08 Å². The lowest BCUT2D eigenvalue weighted by Crippen LogP contribution is -2.27. The Balaban J connectivity index is 1.56. The van der Waals surface area contributed by atoms with Gasteiger partial charge in [-0.1, -0.05) is 53.8 Å². The first-order valence-corrected chi connectivity index (χ1v) is 10.1. The van der Waals surface area contributed by atoms with Crippen molar-refractivity contribution >= 4 is 63.3 Å². The van der Waals surface area contributed by atoms with Crippen LogP contribution in [0.3, 0.4) is 0 Å². The van der Waals surface area contributed by atoms with E-state index in [0.717, 1.165) is 18.7 Å². The Morgan fingerprint density at radius 2 is 1.77 bits per heavy atom. The molecule has 2 heterocycles. The summed E-state index contributed by atoms with van der Waals surface area (Å²) in [6.07, 6.45) is 4.42. The van der Waals surface area contributed by atoms with E-state index in [0.29, 0.717) is 19.9 Å². The molecule has 0 aromatic heterocycles. The zero-order chi connectivity index (χ0) is 18.1. The molecule has 2 aromatic carbocycles. The molecule has 26 heavy (non-hydrogen) atoms. The molecule has 0 bridgehead atoms. The van der Waals surface area contributed by atoms with E-state index in [9.17, 15) is 4.79 Å². The van der Waals surface area contributed by atoms with Crippen molar-refractivity contribution in [3.63, 3.8) is 0 Å². The zero-order valence-electron chi connectivity index (χ0n) is 14.0. The van der Waals surface area contributed by atoms with E-state index >= 15 is 0 Å². The first-order chi connectivity index (χ1) is 12.6. The summed E-state index contributed by atoms with van der Waals surface area (Å²) in [6, 6.07) is 15.5. The number of halogens is 1. The molecule has 0 N–H and O–H groups in total. The number of anilines is 2. The van der Waals surface area contributed by atoms with Crippen molar-refractivity contribution in [2.75, 3.05) is 22.9 Å². The first kappa shape index (κ1) is 17.6. The first-order valence-electron chi connectivity index (χ1n) is 8.50. The van der Waals surface area contributed by atoms with Crippen LogP contribution >= 0.6 is 35.6 Å². The van der Waals surface area contributed by atoms with Crippen LogP contribution in [0.4, 0.5) is 11.4 Å². The zero-order valence-corrected chi connectivity index (χ0v) is 16.4. The van der Waals surface area contributed by atoms with Gasteiger partial charge in [-0.05, 0) is 54.8 Å². The maximum Gasteiger partial charge on any atom is 0.270 e. The molecule has 0 unspecified atom stereocenters. The third-order valence-corrected chi connectivity index (χ3v) is 6.06. The predicted octanol–water partition coefficient (Wildman–Crippen LogP) is 5.35. The van der Waals surface area contributed by atoms with Crippen LogP contribution in [-0.2, 0) is 4.79 Å². The fourth-order valence-corrected chi connectivity index (χ4v) is 4.70. The number of carbonyl (C=O) groups is 1. The second-order valence-corrected chi connectivity index (χ2v) is 8.39. The Kier molecular flexibility index (Phi) is 5.02. The molecule has 4 rings (SSSR count). The molecule has 3 nitrogen and oxygen atoms in total. The molecule has 2 saturated heterocycles. The topological polar surface area (TPSA) is 23.6 Å². The molecule has 2 aliphatic rings. The number of benzene rings is 2. The molecule has 0 atom stereocenters. The van der Waals surface area contributed by atoms with E-state index in [4.69, 9.17) is 23.8 Å². The molecule has 2 aromatic rings. The predicted molar refractivity (Wildman–Crippen MR) is 115 cm³/mol. The van der Waals surface area contributed by atoms with Gasteiger partial charge in [0.1, 0.15) is 0 Å². The molecule has 0 aliphatic carbocycles. The second kappa shape index (κ2) is 7.43. The van der Waals surface area contributed by atoms with Crippen LogP contribution in [0.1, 0.15) is 18.4 Å². The van der Waals surface area contributed by atoms with Gasteiger partial charge < -0.3 is 4.90 Å². The van der Waals surface area contributed by atoms with E-state index in [1.807, 2.05) is 18.2 Å². The summed E-state index contributed by atoms with van der Waals surface area (Å²) in [7, 11) is 0. The Morgan fingerprint density at radius 3 is 2.46 bits per heavy atom. The summed E-state index contributed by atoms with van der Waals surface area (Å²) in [5.74, 6) is -0.106. The number of hydrogen-bond acceptors (Lipinski definition) is 4. The number of nitrogens with zero attached hydrogens (tertiary/aromatic N) is 2. The lowest BCUT2D eigenvalue weighted by atomic mass is 10.1. The van der Waals surface area contributed by atoms with E-state index in [1.165, 1.54) is 35.2 Å². The van der Waals surface area contributed by atoms with Crippen molar-refractivity contribution in [3.8, 4) is 0 Å². The third kappa shape index (κ3) is 3.52. The van der Waals surface area contributed by atoms with Gasteiger partial charge in [0.05, 0.1) is 10.6 Å². The van der Waals surface area contributed by atoms with Crippen LogP contribution in [0.2, 0.25) is 5.02 Å². The fourth-order valence-electron chi connectivity index (χ4n) is 3.21. The molecule has 1 amide bonds. The smallest absolute Gasteiger partial charge is 0.270 e. The molecular weight excluding hydrogens is 384 g/mol. The van der Waals surface area contributed by atoms with Crippen molar-refractivity contribution in [1.82, 2.24) is 0 Å². The largest absolute Gasteiger partial charge is 0.372 e. The van der Waals surface area contributed by atoms with Crippen LogP contribution in [0.5, 0.6) is 0 Å². The highest BCUT2D eigenvalue weighted by atomic mass is 35.5. The molecule has 2 fully saturated rings. The molecule has 2 aliphatic heterocycles. The summed E-state index contributed by atoms with van der Waals surface area (Å²) in [4.78, 5) is 17.4. The molecule has 0 radical (unpaired) electrons. The highest BCUT2D eigenvalue weighted by Gasteiger charge is 2.33. The SMILES string of the molecule is O=C1/C(=C/c2ccc(N3CCCC3)cc2)SC(=S)N1c1cccc(Cl)c1. The van der Waals surface area contributed by atoms with Gasteiger partial charge in [-0.25, -0.2) is 0 Å². The van der Waals surface area contributed by atoms with E-state index in [2.05, 4.69) is 29.2 Å². The highest BCUT2D eigenvalue weighted by Crippen LogP contribution is 2.36. The molecular formula is C20H17ClN2OS2. The maximum absolute atomic E-state index is 12.8. The average molecular weight is 401 g/mol. The monoisotopic (exact) mass is 400 g/mol. The van der Waals surface area contributed by atoms with Crippen LogP contribution in [0, 0.1) is 0 Å². The van der Waals surface area contributed by atoms with Crippen molar-refractivity contribution in [2.24, 2.45) is 0 Å². The van der Waals surface area contributed by atoms with Crippen LogP contribution in [-0.4, -0.2) is 23.3 Å². The normalized spacial score (nSPS) is 19.0. The van der Waals surface area contributed by atoms with Crippen molar-refractivity contribution in [2.45, 2.75) is 12.8 Å². The Bertz CT molecular complexity index is 889. The number of thioether (sulfide) groups is 1. The average Bonchev–Trinajstić information content (AvgIpc) is 3.25. The maximum atomic E-state index is 12.8. The summed E-state index contributed by atoms with van der Waals surface area (Å²) in [6.45, 7) is 2.25. The van der Waals surface area contributed by atoms with Gasteiger partial charge in [0, 0.05) is 23.8 Å². The summed E-state index contributed by atoms with van der Waals surface area (Å²) in [5.41, 5.74) is 2.94. The summed E-state index contributed by atoms with van der Waals surface area (Å²) >= 11 is 12.8. The van der Waals surface area contributed by atoms with E-state index < -0.39 is 0 Å². The number of hydrogen-bond donors (Lipinski definition) is 0. The van der Waals surface area contributed by atoms with Crippen molar-refractivity contribution < 1.29 is 4.79 Å². The lowest BCUT2D eigenvalue weighted by molar-refractivity contribution is -0.113.